The average Bonchev–Trinajstić information content (AvgIpc) is 3.05. The van der Waals surface area contributed by atoms with E-state index < -0.39 is 0 Å². The molecule has 0 fully saturated rings. The molecule has 5 nitrogen and oxygen atoms in total. The van der Waals surface area contributed by atoms with Crippen molar-refractivity contribution in [2.75, 3.05) is 12.4 Å². The summed E-state index contributed by atoms with van der Waals surface area (Å²) in [6.45, 7) is 4.42. The zero-order chi connectivity index (χ0) is 18.5. The van der Waals surface area contributed by atoms with Gasteiger partial charge in [-0.3, -0.25) is 10.1 Å². The highest BCUT2D eigenvalue weighted by Crippen LogP contribution is 2.29. The third kappa shape index (κ3) is 4.21. The lowest BCUT2D eigenvalue weighted by atomic mass is 10.1. The van der Waals surface area contributed by atoms with E-state index in [-0.39, 0.29) is 5.91 Å². The summed E-state index contributed by atoms with van der Waals surface area (Å²) in [5.74, 6) is 0.877. The van der Waals surface area contributed by atoms with Gasteiger partial charge in [0.15, 0.2) is 16.6 Å². The maximum atomic E-state index is 12.4. The van der Waals surface area contributed by atoms with E-state index >= 15 is 0 Å². The number of nitrogens with one attached hydrogen (secondary N) is 1. The Morgan fingerprint density at radius 2 is 1.96 bits per heavy atom. The van der Waals surface area contributed by atoms with Gasteiger partial charge in [0.2, 0.25) is 0 Å². The number of nitrogens with zero attached hydrogens (tertiary/aromatic N) is 1. The third-order valence-electron chi connectivity index (χ3n) is 3.91. The van der Waals surface area contributed by atoms with Crippen LogP contribution in [0.15, 0.2) is 48.7 Å². The van der Waals surface area contributed by atoms with Crippen molar-refractivity contribution in [1.29, 1.82) is 0 Å². The van der Waals surface area contributed by atoms with Crippen molar-refractivity contribution < 1.29 is 14.3 Å². The van der Waals surface area contributed by atoms with Crippen LogP contribution in [0.1, 0.15) is 26.4 Å². The van der Waals surface area contributed by atoms with E-state index in [1.807, 2.05) is 38.1 Å². The third-order valence-corrected chi connectivity index (χ3v) is 4.74. The summed E-state index contributed by atoms with van der Waals surface area (Å²) < 4.78 is 11.3. The van der Waals surface area contributed by atoms with Crippen LogP contribution >= 0.6 is 11.3 Å². The number of carbonyl (C=O) groups is 1. The number of anilines is 1. The molecule has 0 radical (unpaired) electrons. The second-order valence-electron chi connectivity index (χ2n) is 5.81. The van der Waals surface area contributed by atoms with Gasteiger partial charge in [-0.2, -0.15) is 0 Å². The first-order chi connectivity index (χ1) is 12.6. The van der Waals surface area contributed by atoms with Crippen molar-refractivity contribution in [3.63, 3.8) is 0 Å². The van der Waals surface area contributed by atoms with Crippen molar-refractivity contribution in [2.24, 2.45) is 0 Å². The molecule has 3 aromatic rings. The van der Waals surface area contributed by atoms with Crippen LogP contribution in [0, 0.1) is 13.8 Å². The van der Waals surface area contributed by atoms with Gasteiger partial charge in [-0.15, -0.1) is 11.3 Å². The SMILES string of the molecule is COc1cc(C(=O)Nc2ncc(C)s2)ccc1OCc1ccccc1C. The molecule has 0 atom stereocenters. The number of hydrogen-bond acceptors (Lipinski definition) is 5. The Balaban J connectivity index is 1.72. The number of methoxy groups -OCH3 is 1. The van der Waals surface area contributed by atoms with Gasteiger partial charge in [0.1, 0.15) is 6.61 Å². The number of aryl methyl sites for hydroxylation is 2. The minimum absolute atomic E-state index is 0.233. The van der Waals surface area contributed by atoms with Crippen molar-refractivity contribution in [1.82, 2.24) is 4.98 Å². The Morgan fingerprint density at radius 3 is 2.65 bits per heavy atom. The van der Waals surface area contributed by atoms with E-state index in [2.05, 4.69) is 10.3 Å². The lowest BCUT2D eigenvalue weighted by Gasteiger charge is -2.13. The fraction of sp³-hybridized carbons (Fsp3) is 0.200. The number of hydrogen-bond donors (Lipinski definition) is 1. The summed E-state index contributed by atoms with van der Waals surface area (Å²) >= 11 is 1.43. The first-order valence-corrected chi connectivity index (χ1v) is 8.97. The molecular formula is C20H20N2O3S. The Labute approximate surface area is 156 Å². The van der Waals surface area contributed by atoms with Crippen LogP contribution in [0.25, 0.3) is 0 Å². The van der Waals surface area contributed by atoms with Crippen LogP contribution in [0.4, 0.5) is 5.13 Å². The molecule has 6 heteroatoms. The maximum absolute atomic E-state index is 12.4. The molecule has 2 aromatic carbocycles. The zero-order valence-electron chi connectivity index (χ0n) is 14.9. The minimum atomic E-state index is -0.233. The van der Waals surface area contributed by atoms with Crippen molar-refractivity contribution in [2.45, 2.75) is 20.5 Å². The number of carbonyl (C=O) groups excluding carboxylic acids is 1. The monoisotopic (exact) mass is 368 g/mol. The summed E-state index contributed by atoms with van der Waals surface area (Å²) in [5, 5.41) is 3.36. The quantitative estimate of drug-likeness (QED) is 0.691. The van der Waals surface area contributed by atoms with Crippen molar-refractivity contribution in [3.05, 3.63) is 70.2 Å². The predicted molar refractivity (Wildman–Crippen MR) is 103 cm³/mol. The summed E-state index contributed by atoms with van der Waals surface area (Å²) in [5.41, 5.74) is 2.76. The average molecular weight is 368 g/mol. The van der Waals surface area contributed by atoms with Crippen LogP contribution < -0.4 is 14.8 Å². The van der Waals surface area contributed by atoms with Gasteiger partial charge in [-0.1, -0.05) is 24.3 Å². The molecule has 0 bridgehead atoms. The highest BCUT2D eigenvalue weighted by Gasteiger charge is 2.13. The lowest BCUT2D eigenvalue weighted by Crippen LogP contribution is -2.12. The van der Waals surface area contributed by atoms with Gasteiger partial charge in [0.25, 0.3) is 5.91 Å². The van der Waals surface area contributed by atoms with Crippen LogP contribution in [0.2, 0.25) is 0 Å². The number of aromatic nitrogens is 1. The highest BCUT2D eigenvalue weighted by atomic mass is 32.1. The van der Waals surface area contributed by atoms with Crippen LogP contribution in [-0.2, 0) is 6.61 Å². The Bertz CT molecular complexity index is 921. The van der Waals surface area contributed by atoms with E-state index in [0.717, 1.165) is 10.4 Å². The molecule has 0 spiro atoms. The van der Waals surface area contributed by atoms with E-state index in [0.29, 0.717) is 28.8 Å². The molecule has 1 aromatic heterocycles. The van der Waals surface area contributed by atoms with E-state index in [9.17, 15) is 4.79 Å². The number of amides is 1. The van der Waals surface area contributed by atoms with Gasteiger partial charge in [-0.05, 0) is 43.2 Å². The molecule has 26 heavy (non-hydrogen) atoms. The van der Waals surface area contributed by atoms with E-state index in [1.165, 1.54) is 16.9 Å². The van der Waals surface area contributed by atoms with Crippen LogP contribution in [0.5, 0.6) is 11.5 Å². The first-order valence-electron chi connectivity index (χ1n) is 8.16. The number of rotatable bonds is 6. The van der Waals surface area contributed by atoms with Gasteiger partial charge in [-0.25, -0.2) is 4.98 Å². The molecule has 0 saturated carbocycles. The number of thiazole rings is 1. The Morgan fingerprint density at radius 1 is 1.15 bits per heavy atom. The fourth-order valence-electron chi connectivity index (χ4n) is 2.44. The second-order valence-corrected chi connectivity index (χ2v) is 7.05. The fourth-order valence-corrected chi connectivity index (χ4v) is 3.10. The standard InChI is InChI=1S/C20H20N2O3S/c1-13-6-4-5-7-16(13)12-25-17-9-8-15(10-18(17)24-3)19(23)22-20-21-11-14(2)26-20/h4-11H,12H2,1-3H3,(H,21,22,23). The largest absolute Gasteiger partial charge is 0.493 e. The summed E-state index contributed by atoms with van der Waals surface area (Å²) in [4.78, 5) is 17.6. The molecule has 0 unspecified atom stereocenters. The molecule has 3 rings (SSSR count). The molecule has 0 aliphatic rings. The molecule has 1 amide bonds. The normalized spacial score (nSPS) is 10.4. The molecule has 0 saturated heterocycles. The van der Waals surface area contributed by atoms with Gasteiger partial charge >= 0.3 is 0 Å². The molecule has 1 heterocycles. The molecule has 1 N–H and O–H groups in total. The predicted octanol–water partition coefficient (Wildman–Crippen LogP) is 4.60. The van der Waals surface area contributed by atoms with Crippen molar-refractivity contribution >= 4 is 22.4 Å². The topological polar surface area (TPSA) is 60.5 Å². The van der Waals surface area contributed by atoms with Gasteiger partial charge < -0.3 is 9.47 Å². The van der Waals surface area contributed by atoms with E-state index in [4.69, 9.17) is 9.47 Å². The Hall–Kier alpha value is -2.86. The molecule has 0 aliphatic heterocycles. The summed E-state index contributed by atoms with van der Waals surface area (Å²) in [6.07, 6.45) is 1.73. The van der Waals surface area contributed by atoms with Crippen molar-refractivity contribution in [3.8, 4) is 11.5 Å². The molecular weight excluding hydrogens is 348 g/mol. The Kier molecular flexibility index (Phi) is 5.53. The molecule has 0 aliphatic carbocycles. The first kappa shape index (κ1) is 17.9. The van der Waals surface area contributed by atoms with Crippen LogP contribution in [0.3, 0.4) is 0 Å². The maximum Gasteiger partial charge on any atom is 0.257 e. The summed E-state index contributed by atoms with van der Waals surface area (Å²) in [6, 6.07) is 13.2. The minimum Gasteiger partial charge on any atom is -0.493 e. The molecule has 134 valence electrons. The number of benzene rings is 2. The lowest BCUT2D eigenvalue weighted by molar-refractivity contribution is 0.102. The van der Waals surface area contributed by atoms with Crippen LogP contribution in [-0.4, -0.2) is 18.0 Å². The zero-order valence-corrected chi connectivity index (χ0v) is 15.7. The number of ether oxygens (including phenoxy) is 2. The second kappa shape index (κ2) is 8.01. The van der Waals surface area contributed by atoms with Gasteiger partial charge in [0, 0.05) is 16.6 Å². The van der Waals surface area contributed by atoms with Gasteiger partial charge in [0.05, 0.1) is 7.11 Å². The smallest absolute Gasteiger partial charge is 0.257 e. The highest BCUT2D eigenvalue weighted by molar-refractivity contribution is 7.15. The van der Waals surface area contributed by atoms with E-state index in [1.54, 1.807) is 31.5 Å². The summed E-state index contributed by atoms with van der Waals surface area (Å²) in [7, 11) is 1.56.